The van der Waals surface area contributed by atoms with Crippen LogP contribution in [0, 0.1) is 0 Å². The number of rotatable bonds is 8. The van der Waals surface area contributed by atoms with Crippen molar-refractivity contribution in [1.29, 1.82) is 0 Å². The predicted octanol–water partition coefficient (Wildman–Crippen LogP) is 4.38. The van der Waals surface area contributed by atoms with Crippen LogP contribution in [0.1, 0.15) is 49.0 Å². The van der Waals surface area contributed by atoms with E-state index < -0.39 is 22.0 Å². The number of nitrogens with one attached hydrogen (secondary N) is 1. The van der Waals surface area contributed by atoms with Gasteiger partial charge in [-0.3, -0.25) is 14.0 Å². The summed E-state index contributed by atoms with van der Waals surface area (Å²) < 4.78 is 29.5. The molecule has 2 aliphatic heterocycles. The number of halogens is 2. The van der Waals surface area contributed by atoms with Crippen LogP contribution in [0.15, 0.2) is 66.0 Å². The maximum Gasteiger partial charge on any atom is 0.264 e. The van der Waals surface area contributed by atoms with E-state index in [2.05, 4.69) is 44.8 Å². The van der Waals surface area contributed by atoms with Crippen LogP contribution in [0.2, 0.25) is 10.0 Å². The molecule has 0 saturated carbocycles. The van der Waals surface area contributed by atoms with Gasteiger partial charge in [-0.2, -0.15) is 0 Å². The summed E-state index contributed by atoms with van der Waals surface area (Å²) in [6.45, 7) is 5.29. The highest BCUT2D eigenvalue weighted by atomic mass is 35.5. The highest BCUT2D eigenvalue weighted by Crippen LogP contribution is 2.29. The Hall–Kier alpha value is -2.92. The van der Waals surface area contributed by atoms with E-state index in [1.54, 1.807) is 10.9 Å². The molecule has 2 aromatic carbocycles. The van der Waals surface area contributed by atoms with E-state index in [1.807, 2.05) is 6.92 Å². The monoisotopic (exact) mass is 588 g/mol. The topological polar surface area (TPSA) is 100 Å². The third-order valence-corrected chi connectivity index (χ3v) is 9.72. The molecule has 1 N–H and O–H groups in total. The zero-order valence-electron chi connectivity index (χ0n) is 21.5. The summed E-state index contributed by atoms with van der Waals surface area (Å²) in [4.78, 5) is 15.2. The molecule has 0 aliphatic carbocycles. The maximum atomic E-state index is 13.4. The highest BCUT2D eigenvalue weighted by molar-refractivity contribution is 7.89. The second-order valence-electron chi connectivity index (χ2n) is 9.90. The van der Waals surface area contributed by atoms with Crippen LogP contribution in [-0.2, 0) is 27.8 Å². The maximum absolute atomic E-state index is 13.4. The van der Waals surface area contributed by atoms with E-state index in [0.29, 0.717) is 5.69 Å². The highest BCUT2D eigenvalue weighted by Gasteiger charge is 2.36. The van der Waals surface area contributed by atoms with Crippen molar-refractivity contribution in [3.8, 4) is 0 Å². The molecule has 1 aromatic heterocycles. The van der Waals surface area contributed by atoms with Gasteiger partial charge in [-0.1, -0.05) is 59.1 Å². The van der Waals surface area contributed by atoms with Crippen molar-refractivity contribution < 1.29 is 13.2 Å². The smallest absolute Gasteiger partial charge is 0.264 e. The Bertz CT molecular complexity index is 1470. The molecule has 1 saturated heterocycles. The second-order valence-corrected chi connectivity index (χ2v) is 12.6. The molecule has 3 heterocycles. The third-order valence-electron chi connectivity index (χ3n) is 7.20. The predicted molar refractivity (Wildman–Crippen MR) is 150 cm³/mol. The summed E-state index contributed by atoms with van der Waals surface area (Å²) in [5.41, 5.74) is 2.86. The second kappa shape index (κ2) is 11.7. The van der Waals surface area contributed by atoms with Gasteiger partial charge in [0.05, 0.1) is 26.7 Å². The Labute approximate surface area is 238 Å². The molecule has 0 radical (unpaired) electrons. The van der Waals surface area contributed by atoms with Crippen molar-refractivity contribution in [3.05, 3.63) is 87.9 Å². The number of carbonyl (C=O) groups is 1. The summed E-state index contributed by atoms with van der Waals surface area (Å²) in [6, 6.07) is 11.4. The molecule has 0 unspecified atom stereocenters. The first-order valence-corrected chi connectivity index (χ1v) is 15.1. The van der Waals surface area contributed by atoms with Crippen molar-refractivity contribution in [2.24, 2.45) is 0 Å². The van der Waals surface area contributed by atoms with E-state index in [9.17, 15) is 13.2 Å². The Kier molecular flexibility index (Phi) is 8.27. The van der Waals surface area contributed by atoms with Gasteiger partial charge < -0.3 is 5.32 Å². The van der Waals surface area contributed by atoms with Crippen molar-refractivity contribution in [2.45, 2.75) is 56.1 Å². The molecule has 206 valence electrons. The number of aromatic nitrogens is 3. The van der Waals surface area contributed by atoms with Gasteiger partial charge in [0.2, 0.25) is 5.91 Å². The first kappa shape index (κ1) is 27.6. The lowest BCUT2D eigenvalue weighted by Crippen LogP contribution is -2.50. The lowest BCUT2D eigenvalue weighted by atomic mass is 10.0. The molecule has 0 spiro atoms. The normalized spacial score (nSPS) is 19.2. The van der Waals surface area contributed by atoms with Crippen molar-refractivity contribution >= 4 is 39.1 Å². The first-order valence-electron chi connectivity index (χ1n) is 12.9. The van der Waals surface area contributed by atoms with Gasteiger partial charge in [0.25, 0.3) is 10.0 Å². The average Bonchev–Trinajstić information content (AvgIpc) is 3.40. The van der Waals surface area contributed by atoms with Crippen LogP contribution in [-0.4, -0.2) is 57.7 Å². The number of sulfonamides is 1. The van der Waals surface area contributed by atoms with Crippen molar-refractivity contribution in [2.75, 3.05) is 13.1 Å². The van der Waals surface area contributed by atoms with E-state index in [-0.39, 0.29) is 27.4 Å². The summed E-state index contributed by atoms with van der Waals surface area (Å²) in [7, 11) is -4.09. The van der Waals surface area contributed by atoms with Gasteiger partial charge in [-0.05, 0) is 62.2 Å². The molecule has 12 heteroatoms. The van der Waals surface area contributed by atoms with Gasteiger partial charge >= 0.3 is 0 Å². The fraction of sp³-hybridized carbons (Fsp3) is 0.370. The van der Waals surface area contributed by atoms with Crippen LogP contribution >= 0.6 is 23.2 Å². The summed E-state index contributed by atoms with van der Waals surface area (Å²) >= 11 is 12.0. The zero-order chi connectivity index (χ0) is 27.6. The number of likely N-dealkylation sites (tertiary alicyclic amines) is 1. The average molecular weight is 590 g/mol. The van der Waals surface area contributed by atoms with Crippen LogP contribution in [0.3, 0.4) is 0 Å². The minimum absolute atomic E-state index is 0.0399. The molecule has 2 atom stereocenters. The number of amides is 1. The lowest BCUT2D eigenvalue weighted by molar-refractivity contribution is -0.124. The molecule has 1 amide bonds. The first-order chi connectivity index (χ1) is 18.7. The number of piperidine rings is 1. The largest absolute Gasteiger partial charge is 0.329 e. The van der Waals surface area contributed by atoms with Gasteiger partial charge in [0, 0.05) is 31.6 Å². The van der Waals surface area contributed by atoms with Crippen LogP contribution in [0.5, 0.6) is 0 Å². The molecular formula is C27H30Cl2N6O3S. The summed E-state index contributed by atoms with van der Waals surface area (Å²) in [5.74, 6) is -0.465. The molecule has 0 bridgehead atoms. The van der Waals surface area contributed by atoms with E-state index in [0.717, 1.165) is 29.5 Å². The van der Waals surface area contributed by atoms with E-state index >= 15 is 0 Å². The fourth-order valence-electron chi connectivity index (χ4n) is 4.92. The van der Waals surface area contributed by atoms with Crippen LogP contribution in [0.25, 0.3) is 0 Å². The van der Waals surface area contributed by atoms with Crippen molar-refractivity contribution in [1.82, 2.24) is 29.5 Å². The fourth-order valence-corrected chi connectivity index (χ4v) is 6.76. The third kappa shape index (κ3) is 6.14. The molecule has 5 rings (SSSR count). The number of benzene rings is 2. The quantitative estimate of drug-likeness (QED) is 0.419. The minimum atomic E-state index is -4.09. The van der Waals surface area contributed by atoms with Gasteiger partial charge in [0.15, 0.2) is 0 Å². The molecular weight excluding hydrogens is 559 g/mol. The minimum Gasteiger partial charge on any atom is -0.329 e. The molecule has 1 fully saturated rings. The van der Waals surface area contributed by atoms with Crippen LogP contribution in [0.4, 0.5) is 0 Å². The van der Waals surface area contributed by atoms with Gasteiger partial charge in [0.1, 0.15) is 6.04 Å². The van der Waals surface area contributed by atoms with Gasteiger partial charge in [-0.15, -0.1) is 5.10 Å². The molecule has 39 heavy (non-hydrogen) atoms. The number of carbonyl (C=O) groups excluding carboxylic acids is 1. The van der Waals surface area contributed by atoms with Crippen LogP contribution < -0.4 is 5.32 Å². The summed E-state index contributed by atoms with van der Waals surface area (Å²) in [6.07, 6.45) is 8.26. The zero-order valence-corrected chi connectivity index (χ0v) is 23.8. The number of nitrogens with zero attached hydrogens (tertiary/aromatic N) is 5. The Balaban J connectivity index is 1.30. The molecule has 3 aromatic rings. The Morgan fingerprint density at radius 2 is 1.79 bits per heavy atom. The Morgan fingerprint density at radius 1 is 1.05 bits per heavy atom. The van der Waals surface area contributed by atoms with Crippen molar-refractivity contribution in [3.63, 3.8) is 0 Å². The molecule has 9 nitrogen and oxygen atoms in total. The lowest BCUT2D eigenvalue weighted by Gasteiger charge is -2.31. The standard InChI is InChI=1S/C27H30Cl2N6O3S/c1-19(21-7-5-20(6-8-21)17-33-12-3-2-4-13-33)34-18-22(31-32-34)15-26-27(36)30-11-14-35(26)39(37,38)23-9-10-24(28)25(29)16-23/h5-11,14,16,18-19,26H,2-4,12-13,15,17H2,1H3,(H,30,36)/t19-,26-/m1/s1. The van der Waals surface area contributed by atoms with E-state index in [1.165, 1.54) is 55.4 Å². The summed E-state index contributed by atoms with van der Waals surface area (Å²) in [5, 5.41) is 11.4. The van der Waals surface area contributed by atoms with Gasteiger partial charge in [-0.25, -0.2) is 13.1 Å². The number of hydrogen-bond acceptors (Lipinski definition) is 6. The number of hydrogen-bond donors (Lipinski definition) is 1. The van der Waals surface area contributed by atoms with E-state index in [4.69, 9.17) is 23.2 Å². The molecule has 2 aliphatic rings. The Morgan fingerprint density at radius 3 is 2.51 bits per heavy atom. The SMILES string of the molecule is C[C@H](c1ccc(CN2CCCCC2)cc1)n1cc(C[C@@H]2C(=O)NC=CN2S(=O)(=O)c2ccc(Cl)c(Cl)c2)nn1.